The predicted octanol–water partition coefficient (Wildman–Crippen LogP) is 2.90. The van der Waals surface area contributed by atoms with Gasteiger partial charge in [0.2, 0.25) is 0 Å². The van der Waals surface area contributed by atoms with Crippen LogP contribution in [0.5, 0.6) is 5.75 Å². The third kappa shape index (κ3) is 3.81. The summed E-state index contributed by atoms with van der Waals surface area (Å²) in [5.41, 5.74) is 2.36. The Labute approximate surface area is 168 Å². The van der Waals surface area contributed by atoms with Crippen LogP contribution in [0, 0.1) is 6.92 Å². The summed E-state index contributed by atoms with van der Waals surface area (Å²) in [6.07, 6.45) is 1.52. The predicted molar refractivity (Wildman–Crippen MR) is 110 cm³/mol. The molecule has 1 saturated heterocycles. The highest BCUT2D eigenvalue weighted by atomic mass is 16.5. The fourth-order valence-electron chi connectivity index (χ4n) is 3.78. The molecule has 0 saturated carbocycles. The minimum Gasteiger partial charge on any atom is -0.497 e. The highest BCUT2D eigenvalue weighted by Gasteiger charge is 2.28. The Balaban J connectivity index is 1.48. The molecule has 1 aliphatic heterocycles. The number of benzene rings is 2. The zero-order valence-electron chi connectivity index (χ0n) is 16.6. The van der Waals surface area contributed by atoms with Crippen molar-refractivity contribution in [2.45, 2.75) is 25.7 Å². The van der Waals surface area contributed by atoms with Gasteiger partial charge in [-0.25, -0.2) is 14.5 Å². The summed E-state index contributed by atoms with van der Waals surface area (Å²) in [6.45, 7) is 3.27. The van der Waals surface area contributed by atoms with Gasteiger partial charge in [0.1, 0.15) is 11.6 Å². The Kier molecular flexibility index (Phi) is 5.20. The molecule has 0 radical (unpaired) electrons. The number of hydrogen-bond acceptors (Lipinski definition) is 4. The van der Waals surface area contributed by atoms with E-state index in [4.69, 9.17) is 4.74 Å². The summed E-state index contributed by atoms with van der Waals surface area (Å²) in [7, 11) is 1.60. The molecule has 1 amide bonds. The number of H-pyrrole nitrogens is 1. The summed E-state index contributed by atoms with van der Waals surface area (Å²) < 4.78 is 6.79. The average Bonchev–Trinajstić information content (AvgIpc) is 3.15. The molecule has 1 aliphatic rings. The molecular weight excluding hydrogens is 368 g/mol. The lowest BCUT2D eigenvalue weighted by atomic mass is 9.95. The van der Waals surface area contributed by atoms with E-state index in [1.165, 1.54) is 0 Å². The summed E-state index contributed by atoms with van der Waals surface area (Å²) >= 11 is 0. The van der Waals surface area contributed by atoms with E-state index < -0.39 is 0 Å². The van der Waals surface area contributed by atoms with Crippen molar-refractivity contribution in [3.63, 3.8) is 0 Å². The van der Waals surface area contributed by atoms with E-state index in [1.54, 1.807) is 35.9 Å². The van der Waals surface area contributed by atoms with Gasteiger partial charge in [-0.2, -0.15) is 5.10 Å². The Hall–Kier alpha value is -3.35. The number of nitrogens with zero attached hydrogens (tertiary/aromatic N) is 3. The molecule has 4 rings (SSSR count). The second-order valence-electron chi connectivity index (χ2n) is 7.35. The van der Waals surface area contributed by atoms with Crippen LogP contribution in [0.4, 0.5) is 0 Å². The first kappa shape index (κ1) is 19.0. The number of nitrogens with one attached hydrogen (secondary N) is 1. The number of carbonyl (C=O) groups is 1. The summed E-state index contributed by atoms with van der Waals surface area (Å²) in [4.78, 5) is 27.0. The summed E-state index contributed by atoms with van der Waals surface area (Å²) in [6, 6.07) is 15.0. The Morgan fingerprint density at radius 3 is 2.34 bits per heavy atom. The topological polar surface area (TPSA) is 80.2 Å². The molecule has 0 bridgehead atoms. The SMILES string of the molecule is COc1ccc(C(=O)N2CCC(c3n[nH]c(=O)n3-c3ccc(C)cc3)CC2)cc1. The molecule has 1 N–H and O–H groups in total. The molecule has 0 unspecified atom stereocenters. The number of carbonyl (C=O) groups excluding carboxylic acids is 1. The van der Waals surface area contributed by atoms with Crippen LogP contribution in [0.2, 0.25) is 0 Å². The van der Waals surface area contributed by atoms with Gasteiger partial charge in [-0.05, 0) is 56.2 Å². The number of aromatic nitrogens is 3. The quantitative estimate of drug-likeness (QED) is 0.740. The molecule has 29 heavy (non-hydrogen) atoms. The highest BCUT2D eigenvalue weighted by Crippen LogP contribution is 2.28. The standard InChI is InChI=1S/C22H24N4O3/c1-15-3-7-18(8-4-15)26-20(23-24-22(26)28)16-11-13-25(14-12-16)21(27)17-5-9-19(29-2)10-6-17/h3-10,16H,11-14H2,1-2H3,(H,24,28). The van der Waals surface area contributed by atoms with E-state index in [0.717, 1.165) is 35.7 Å². The van der Waals surface area contributed by atoms with Gasteiger partial charge in [0.15, 0.2) is 0 Å². The minimum absolute atomic E-state index is 0.0176. The van der Waals surface area contributed by atoms with Crippen LogP contribution in [-0.4, -0.2) is 45.8 Å². The van der Waals surface area contributed by atoms with Crippen molar-refractivity contribution in [1.29, 1.82) is 0 Å². The van der Waals surface area contributed by atoms with Crippen LogP contribution < -0.4 is 10.4 Å². The number of amides is 1. The van der Waals surface area contributed by atoms with Gasteiger partial charge in [0, 0.05) is 24.6 Å². The van der Waals surface area contributed by atoms with Crippen molar-refractivity contribution < 1.29 is 9.53 Å². The van der Waals surface area contributed by atoms with E-state index in [0.29, 0.717) is 18.7 Å². The van der Waals surface area contributed by atoms with Gasteiger partial charge in [-0.15, -0.1) is 0 Å². The molecule has 7 nitrogen and oxygen atoms in total. The van der Waals surface area contributed by atoms with Gasteiger partial charge in [-0.1, -0.05) is 17.7 Å². The number of piperidine rings is 1. The lowest BCUT2D eigenvalue weighted by Crippen LogP contribution is -2.38. The van der Waals surface area contributed by atoms with E-state index in [1.807, 2.05) is 36.1 Å². The van der Waals surface area contributed by atoms with Crippen LogP contribution in [0.3, 0.4) is 0 Å². The second-order valence-corrected chi connectivity index (χ2v) is 7.35. The molecule has 0 atom stereocenters. The van der Waals surface area contributed by atoms with Crippen molar-refractivity contribution in [1.82, 2.24) is 19.7 Å². The molecule has 2 aromatic carbocycles. The monoisotopic (exact) mass is 392 g/mol. The van der Waals surface area contributed by atoms with Crippen molar-refractivity contribution in [2.24, 2.45) is 0 Å². The minimum atomic E-state index is -0.236. The molecule has 3 aromatic rings. The van der Waals surface area contributed by atoms with Crippen molar-refractivity contribution in [3.05, 3.63) is 76.0 Å². The van der Waals surface area contributed by atoms with E-state index >= 15 is 0 Å². The fourth-order valence-corrected chi connectivity index (χ4v) is 3.78. The Bertz CT molecular complexity index is 1040. The third-order valence-electron chi connectivity index (χ3n) is 5.47. The maximum absolute atomic E-state index is 12.8. The zero-order valence-corrected chi connectivity index (χ0v) is 16.6. The van der Waals surface area contributed by atoms with Gasteiger partial charge in [0.05, 0.1) is 12.8 Å². The number of aryl methyl sites for hydroxylation is 1. The van der Waals surface area contributed by atoms with Crippen LogP contribution in [-0.2, 0) is 0 Å². The molecule has 7 heteroatoms. The Morgan fingerprint density at radius 1 is 1.07 bits per heavy atom. The first-order valence-electron chi connectivity index (χ1n) is 9.74. The van der Waals surface area contributed by atoms with Crippen molar-refractivity contribution in [2.75, 3.05) is 20.2 Å². The fraction of sp³-hybridized carbons (Fsp3) is 0.318. The lowest BCUT2D eigenvalue weighted by molar-refractivity contribution is 0.0710. The van der Waals surface area contributed by atoms with E-state index in [9.17, 15) is 9.59 Å². The first-order valence-corrected chi connectivity index (χ1v) is 9.74. The molecular formula is C22H24N4O3. The van der Waals surface area contributed by atoms with Gasteiger partial charge in [0.25, 0.3) is 5.91 Å². The Morgan fingerprint density at radius 2 is 1.72 bits per heavy atom. The van der Waals surface area contributed by atoms with Gasteiger partial charge in [-0.3, -0.25) is 4.79 Å². The van der Waals surface area contributed by atoms with Gasteiger partial charge >= 0.3 is 5.69 Å². The molecule has 1 aromatic heterocycles. The number of methoxy groups -OCH3 is 1. The highest BCUT2D eigenvalue weighted by molar-refractivity contribution is 5.94. The smallest absolute Gasteiger partial charge is 0.347 e. The second kappa shape index (κ2) is 7.95. The van der Waals surface area contributed by atoms with Crippen molar-refractivity contribution >= 4 is 5.91 Å². The normalized spacial score (nSPS) is 14.8. The van der Waals surface area contributed by atoms with E-state index in [2.05, 4.69) is 10.2 Å². The average molecular weight is 392 g/mol. The third-order valence-corrected chi connectivity index (χ3v) is 5.47. The van der Waals surface area contributed by atoms with Crippen LogP contribution in [0.15, 0.2) is 53.3 Å². The maximum Gasteiger partial charge on any atom is 0.347 e. The molecule has 0 spiro atoms. The number of likely N-dealkylation sites (tertiary alicyclic amines) is 1. The number of rotatable bonds is 4. The van der Waals surface area contributed by atoms with Crippen LogP contribution in [0.1, 0.15) is 40.5 Å². The lowest BCUT2D eigenvalue weighted by Gasteiger charge is -2.31. The van der Waals surface area contributed by atoms with Crippen molar-refractivity contribution in [3.8, 4) is 11.4 Å². The van der Waals surface area contributed by atoms with E-state index in [-0.39, 0.29) is 17.5 Å². The molecule has 2 heterocycles. The first-order chi connectivity index (χ1) is 14.1. The summed E-state index contributed by atoms with van der Waals surface area (Å²) in [5, 5.41) is 6.88. The number of hydrogen-bond donors (Lipinski definition) is 1. The zero-order chi connectivity index (χ0) is 20.4. The van der Waals surface area contributed by atoms with Crippen LogP contribution in [0.25, 0.3) is 5.69 Å². The maximum atomic E-state index is 12.8. The molecule has 1 fully saturated rings. The van der Waals surface area contributed by atoms with Gasteiger partial charge < -0.3 is 9.64 Å². The summed E-state index contributed by atoms with van der Waals surface area (Å²) in [5.74, 6) is 1.60. The number of ether oxygens (including phenoxy) is 1. The molecule has 150 valence electrons. The molecule has 0 aliphatic carbocycles. The van der Waals surface area contributed by atoms with Crippen LogP contribution >= 0.6 is 0 Å². The largest absolute Gasteiger partial charge is 0.497 e. The number of aromatic amines is 1.